The number of aromatic nitrogens is 1. The fraction of sp³-hybridized carbons (Fsp3) is 0.647. The molecule has 0 spiro atoms. The Morgan fingerprint density at radius 1 is 1.19 bits per heavy atom. The van der Waals surface area contributed by atoms with E-state index in [1.165, 1.54) is 37.7 Å². The summed E-state index contributed by atoms with van der Waals surface area (Å²) in [7, 11) is 0. The van der Waals surface area contributed by atoms with Crippen LogP contribution in [0.4, 0.5) is 0 Å². The molecule has 1 aromatic heterocycles. The SMILES string of the molecule is O=C(NCCc1ccncc1)C1CCC2CCCCC2N1. The molecule has 0 radical (unpaired) electrons. The predicted molar refractivity (Wildman–Crippen MR) is 82.9 cm³/mol. The third-order valence-electron chi connectivity index (χ3n) is 4.93. The predicted octanol–water partition coefficient (Wildman–Crippen LogP) is 2.05. The van der Waals surface area contributed by atoms with Gasteiger partial charge in [0.05, 0.1) is 6.04 Å². The Labute approximate surface area is 126 Å². The minimum Gasteiger partial charge on any atom is -0.354 e. The summed E-state index contributed by atoms with van der Waals surface area (Å²) in [6.45, 7) is 0.703. The van der Waals surface area contributed by atoms with Crippen LogP contribution in [-0.2, 0) is 11.2 Å². The van der Waals surface area contributed by atoms with Crippen molar-refractivity contribution in [2.45, 2.75) is 57.0 Å². The van der Waals surface area contributed by atoms with Crippen LogP contribution < -0.4 is 10.6 Å². The molecule has 0 bridgehead atoms. The first-order valence-corrected chi connectivity index (χ1v) is 8.25. The Hall–Kier alpha value is -1.42. The summed E-state index contributed by atoms with van der Waals surface area (Å²) >= 11 is 0. The number of fused-ring (bicyclic) bond motifs is 1. The van der Waals surface area contributed by atoms with Crippen molar-refractivity contribution in [1.29, 1.82) is 0 Å². The Morgan fingerprint density at radius 3 is 2.86 bits per heavy atom. The van der Waals surface area contributed by atoms with Crippen molar-refractivity contribution >= 4 is 5.91 Å². The van der Waals surface area contributed by atoms with Gasteiger partial charge in [0, 0.05) is 25.0 Å². The van der Waals surface area contributed by atoms with E-state index in [0.29, 0.717) is 12.6 Å². The molecule has 1 aliphatic heterocycles. The topological polar surface area (TPSA) is 54.0 Å². The van der Waals surface area contributed by atoms with Crippen LogP contribution in [0.1, 0.15) is 44.1 Å². The highest BCUT2D eigenvalue weighted by molar-refractivity contribution is 5.81. The quantitative estimate of drug-likeness (QED) is 0.891. The lowest BCUT2D eigenvalue weighted by Crippen LogP contribution is -2.55. The number of pyridine rings is 1. The summed E-state index contributed by atoms with van der Waals surface area (Å²) in [4.78, 5) is 16.3. The van der Waals surface area contributed by atoms with Crippen LogP contribution in [0, 0.1) is 5.92 Å². The van der Waals surface area contributed by atoms with Gasteiger partial charge in [-0.3, -0.25) is 9.78 Å². The first kappa shape index (κ1) is 14.5. The fourth-order valence-corrected chi connectivity index (χ4v) is 3.70. The zero-order valence-electron chi connectivity index (χ0n) is 12.6. The minimum absolute atomic E-state index is 0.0155. The fourth-order valence-electron chi connectivity index (χ4n) is 3.70. The number of carbonyl (C=O) groups is 1. The molecule has 3 unspecified atom stereocenters. The number of nitrogens with zero attached hydrogens (tertiary/aromatic N) is 1. The van der Waals surface area contributed by atoms with Gasteiger partial charge in [0.1, 0.15) is 0 Å². The first-order chi connectivity index (χ1) is 10.3. The molecule has 0 aromatic carbocycles. The Bertz CT molecular complexity index is 462. The summed E-state index contributed by atoms with van der Waals surface area (Å²) in [5, 5.41) is 6.66. The molecule has 21 heavy (non-hydrogen) atoms. The number of rotatable bonds is 4. The zero-order valence-corrected chi connectivity index (χ0v) is 12.6. The van der Waals surface area contributed by atoms with Gasteiger partial charge in [-0.05, 0) is 55.7 Å². The van der Waals surface area contributed by atoms with Crippen molar-refractivity contribution < 1.29 is 4.79 Å². The van der Waals surface area contributed by atoms with Crippen LogP contribution in [0.25, 0.3) is 0 Å². The lowest BCUT2D eigenvalue weighted by atomic mass is 9.77. The zero-order chi connectivity index (χ0) is 14.5. The van der Waals surface area contributed by atoms with Crippen molar-refractivity contribution in [1.82, 2.24) is 15.6 Å². The smallest absolute Gasteiger partial charge is 0.237 e. The van der Waals surface area contributed by atoms with Crippen molar-refractivity contribution in [3.8, 4) is 0 Å². The van der Waals surface area contributed by atoms with E-state index in [2.05, 4.69) is 15.6 Å². The van der Waals surface area contributed by atoms with Crippen LogP contribution >= 0.6 is 0 Å². The standard InChI is InChI=1S/C17H25N3O/c21-17(19-12-9-13-7-10-18-11-8-13)16-6-5-14-3-1-2-4-15(14)20-16/h7-8,10-11,14-16,20H,1-6,9,12H2,(H,19,21). The number of amides is 1. The van der Waals surface area contributed by atoms with Gasteiger partial charge in [0.25, 0.3) is 0 Å². The summed E-state index contributed by atoms with van der Waals surface area (Å²) < 4.78 is 0. The summed E-state index contributed by atoms with van der Waals surface area (Å²) in [6.07, 6.45) is 11.9. The van der Waals surface area contributed by atoms with Gasteiger partial charge in [-0.15, -0.1) is 0 Å². The van der Waals surface area contributed by atoms with Gasteiger partial charge in [0.2, 0.25) is 5.91 Å². The maximum atomic E-state index is 12.3. The van der Waals surface area contributed by atoms with E-state index in [0.717, 1.165) is 18.8 Å². The molecule has 2 fully saturated rings. The first-order valence-electron chi connectivity index (χ1n) is 8.25. The van der Waals surface area contributed by atoms with Gasteiger partial charge in [-0.25, -0.2) is 0 Å². The van der Waals surface area contributed by atoms with Gasteiger partial charge >= 0.3 is 0 Å². The van der Waals surface area contributed by atoms with Crippen LogP contribution in [0.2, 0.25) is 0 Å². The molecule has 2 aliphatic rings. The molecule has 2 N–H and O–H groups in total. The van der Waals surface area contributed by atoms with Crippen LogP contribution in [0.3, 0.4) is 0 Å². The summed E-state index contributed by atoms with van der Waals surface area (Å²) in [6, 6.07) is 4.58. The second kappa shape index (κ2) is 7.03. The maximum absolute atomic E-state index is 12.3. The van der Waals surface area contributed by atoms with Gasteiger partial charge in [-0.1, -0.05) is 12.8 Å². The molecule has 2 heterocycles. The third kappa shape index (κ3) is 3.82. The molecule has 1 amide bonds. The van der Waals surface area contributed by atoms with Gasteiger partial charge in [-0.2, -0.15) is 0 Å². The maximum Gasteiger partial charge on any atom is 0.237 e. The number of piperidine rings is 1. The van der Waals surface area contributed by atoms with E-state index in [1.807, 2.05) is 12.1 Å². The Balaban J connectivity index is 1.43. The van der Waals surface area contributed by atoms with Crippen LogP contribution in [-0.4, -0.2) is 29.5 Å². The summed E-state index contributed by atoms with van der Waals surface area (Å²) in [5.41, 5.74) is 1.22. The van der Waals surface area contributed by atoms with Crippen molar-refractivity contribution in [3.63, 3.8) is 0 Å². The molecule has 4 heteroatoms. The molecule has 4 nitrogen and oxygen atoms in total. The number of hydrogen-bond acceptors (Lipinski definition) is 3. The van der Waals surface area contributed by atoms with E-state index in [4.69, 9.17) is 0 Å². The third-order valence-corrected chi connectivity index (χ3v) is 4.93. The average molecular weight is 287 g/mol. The largest absolute Gasteiger partial charge is 0.354 e. The van der Waals surface area contributed by atoms with E-state index in [-0.39, 0.29) is 11.9 Å². The number of hydrogen-bond donors (Lipinski definition) is 2. The lowest BCUT2D eigenvalue weighted by Gasteiger charge is -2.39. The molecule has 1 aromatic rings. The highest BCUT2D eigenvalue weighted by Gasteiger charge is 2.34. The second-order valence-corrected chi connectivity index (χ2v) is 6.34. The molecular formula is C17H25N3O. The molecule has 114 valence electrons. The highest BCUT2D eigenvalue weighted by atomic mass is 16.2. The lowest BCUT2D eigenvalue weighted by molar-refractivity contribution is -0.124. The average Bonchev–Trinajstić information content (AvgIpc) is 2.55. The minimum atomic E-state index is 0.0155. The molecule has 1 saturated heterocycles. The van der Waals surface area contributed by atoms with Gasteiger partial charge in [0.15, 0.2) is 0 Å². The van der Waals surface area contributed by atoms with Crippen molar-refractivity contribution in [2.24, 2.45) is 5.92 Å². The van der Waals surface area contributed by atoms with Gasteiger partial charge < -0.3 is 10.6 Å². The van der Waals surface area contributed by atoms with Crippen molar-refractivity contribution in [2.75, 3.05) is 6.54 Å². The Morgan fingerprint density at radius 2 is 2.00 bits per heavy atom. The number of nitrogens with one attached hydrogen (secondary N) is 2. The second-order valence-electron chi connectivity index (χ2n) is 6.34. The Kier molecular flexibility index (Phi) is 4.86. The summed E-state index contributed by atoms with van der Waals surface area (Å²) in [5.74, 6) is 0.979. The molecular weight excluding hydrogens is 262 g/mol. The normalized spacial score (nSPS) is 28.7. The van der Waals surface area contributed by atoms with Crippen LogP contribution in [0.15, 0.2) is 24.5 Å². The van der Waals surface area contributed by atoms with E-state index < -0.39 is 0 Å². The van der Waals surface area contributed by atoms with E-state index in [1.54, 1.807) is 12.4 Å². The monoisotopic (exact) mass is 287 g/mol. The van der Waals surface area contributed by atoms with Crippen molar-refractivity contribution in [3.05, 3.63) is 30.1 Å². The molecule has 1 saturated carbocycles. The molecule has 3 atom stereocenters. The van der Waals surface area contributed by atoms with E-state index in [9.17, 15) is 4.79 Å². The van der Waals surface area contributed by atoms with Crippen LogP contribution in [0.5, 0.6) is 0 Å². The molecule has 1 aliphatic carbocycles. The molecule has 3 rings (SSSR count). The van der Waals surface area contributed by atoms with E-state index >= 15 is 0 Å². The highest BCUT2D eigenvalue weighted by Crippen LogP contribution is 2.32. The number of carbonyl (C=O) groups excluding carboxylic acids is 1.